The molecule has 0 unspecified atom stereocenters. The SMILES string of the molecule is Cn1c(SCc2nc(Cl)c3ccsc3n2)n[nH]c1=O. The summed E-state index contributed by atoms with van der Waals surface area (Å²) in [7, 11) is 1.66. The van der Waals surface area contributed by atoms with Crippen LogP contribution in [0.15, 0.2) is 21.4 Å². The zero-order valence-corrected chi connectivity index (χ0v) is 12.1. The Balaban J connectivity index is 1.85. The van der Waals surface area contributed by atoms with E-state index in [4.69, 9.17) is 11.6 Å². The maximum absolute atomic E-state index is 11.2. The first kappa shape index (κ1) is 12.6. The summed E-state index contributed by atoms with van der Waals surface area (Å²) in [5.41, 5.74) is -0.241. The first-order valence-electron chi connectivity index (χ1n) is 5.29. The van der Waals surface area contributed by atoms with Gasteiger partial charge in [0.05, 0.1) is 5.75 Å². The molecule has 0 saturated heterocycles. The standard InChI is InChI=1S/C10H8ClN5OS2/c1-16-9(17)14-15-10(16)19-4-6-12-7(11)5-2-3-18-8(5)13-6/h2-3H,4H2,1H3,(H,14,17). The molecule has 98 valence electrons. The predicted molar refractivity (Wildman–Crippen MR) is 75.8 cm³/mol. The molecular weight excluding hydrogens is 306 g/mol. The summed E-state index contributed by atoms with van der Waals surface area (Å²) in [5.74, 6) is 1.13. The molecular formula is C10H8ClN5OS2. The lowest BCUT2D eigenvalue weighted by Crippen LogP contribution is -2.12. The molecule has 0 aliphatic rings. The third-order valence-corrected chi connectivity index (χ3v) is 4.61. The van der Waals surface area contributed by atoms with E-state index < -0.39 is 0 Å². The van der Waals surface area contributed by atoms with Crippen molar-refractivity contribution in [3.8, 4) is 0 Å². The lowest BCUT2D eigenvalue weighted by atomic mass is 10.4. The molecule has 3 heterocycles. The van der Waals surface area contributed by atoms with Gasteiger partial charge in [0.25, 0.3) is 0 Å². The Morgan fingerprint density at radius 1 is 1.53 bits per heavy atom. The highest BCUT2D eigenvalue weighted by Gasteiger charge is 2.10. The molecule has 0 bridgehead atoms. The molecule has 0 radical (unpaired) electrons. The third-order valence-electron chi connectivity index (χ3n) is 2.49. The van der Waals surface area contributed by atoms with Crippen LogP contribution in [0.2, 0.25) is 5.15 Å². The van der Waals surface area contributed by atoms with Crippen LogP contribution in [0.25, 0.3) is 10.2 Å². The number of thiophene rings is 1. The van der Waals surface area contributed by atoms with Crippen molar-refractivity contribution in [2.45, 2.75) is 10.9 Å². The number of hydrogen-bond donors (Lipinski definition) is 1. The number of nitrogens with zero attached hydrogens (tertiary/aromatic N) is 4. The number of rotatable bonds is 3. The van der Waals surface area contributed by atoms with Crippen molar-refractivity contribution < 1.29 is 0 Å². The minimum atomic E-state index is -0.241. The number of H-pyrrole nitrogens is 1. The van der Waals surface area contributed by atoms with Crippen LogP contribution < -0.4 is 5.69 Å². The Bertz CT molecular complexity index is 793. The summed E-state index contributed by atoms with van der Waals surface area (Å²) >= 11 is 9.00. The van der Waals surface area contributed by atoms with Crippen LogP contribution in [0.3, 0.4) is 0 Å². The smallest absolute Gasteiger partial charge is 0.273 e. The summed E-state index contributed by atoms with van der Waals surface area (Å²) in [4.78, 5) is 20.8. The average Bonchev–Trinajstić information content (AvgIpc) is 2.97. The van der Waals surface area contributed by atoms with Gasteiger partial charge < -0.3 is 0 Å². The number of thioether (sulfide) groups is 1. The summed E-state index contributed by atoms with van der Waals surface area (Å²) < 4.78 is 1.44. The summed E-state index contributed by atoms with van der Waals surface area (Å²) in [6.45, 7) is 0. The van der Waals surface area contributed by atoms with E-state index in [9.17, 15) is 4.79 Å². The van der Waals surface area contributed by atoms with Gasteiger partial charge >= 0.3 is 5.69 Å². The summed E-state index contributed by atoms with van der Waals surface area (Å²) in [5, 5.41) is 10.1. The zero-order chi connectivity index (χ0) is 13.4. The topological polar surface area (TPSA) is 76.5 Å². The van der Waals surface area contributed by atoms with Crippen LogP contribution in [0.4, 0.5) is 0 Å². The summed E-state index contributed by atoms with van der Waals surface area (Å²) in [6, 6.07) is 1.90. The van der Waals surface area contributed by atoms with Crippen molar-refractivity contribution >= 4 is 44.9 Å². The molecule has 0 spiro atoms. The minimum Gasteiger partial charge on any atom is -0.273 e. The zero-order valence-electron chi connectivity index (χ0n) is 9.75. The molecule has 1 N–H and O–H groups in total. The first-order valence-corrected chi connectivity index (χ1v) is 7.53. The molecule has 3 rings (SSSR count). The third kappa shape index (κ3) is 2.38. The quantitative estimate of drug-likeness (QED) is 0.591. The first-order chi connectivity index (χ1) is 9.15. The van der Waals surface area contributed by atoms with Gasteiger partial charge in [-0.25, -0.2) is 19.9 Å². The van der Waals surface area contributed by atoms with Crippen LogP contribution in [-0.4, -0.2) is 24.7 Å². The van der Waals surface area contributed by atoms with E-state index in [-0.39, 0.29) is 5.69 Å². The van der Waals surface area contributed by atoms with Gasteiger partial charge in [-0.05, 0) is 11.4 Å². The van der Waals surface area contributed by atoms with Gasteiger partial charge in [0.15, 0.2) is 5.16 Å². The fourth-order valence-electron chi connectivity index (χ4n) is 1.52. The molecule has 0 amide bonds. The van der Waals surface area contributed by atoms with Crippen molar-refractivity contribution in [3.05, 3.63) is 32.9 Å². The molecule has 0 aliphatic heterocycles. The van der Waals surface area contributed by atoms with Gasteiger partial charge in [-0.15, -0.1) is 16.4 Å². The maximum Gasteiger partial charge on any atom is 0.343 e. The van der Waals surface area contributed by atoms with E-state index in [0.29, 0.717) is 21.9 Å². The Labute approximate surface area is 120 Å². The van der Waals surface area contributed by atoms with Crippen LogP contribution in [0, 0.1) is 0 Å². The van der Waals surface area contributed by atoms with E-state index >= 15 is 0 Å². The Kier molecular flexibility index (Phi) is 3.29. The van der Waals surface area contributed by atoms with Crippen molar-refractivity contribution in [2.75, 3.05) is 0 Å². The average molecular weight is 314 g/mol. The molecule has 3 aromatic rings. The Morgan fingerprint density at radius 3 is 3.11 bits per heavy atom. The number of fused-ring (bicyclic) bond motifs is 1. The van der Waals surface area contributed by atoms with Crippen molar-refractivity contribution in [1.82, 2.24) is 24.7 Å². The minimum absolute atomic E-state index is 0.241. The van der Waals surface area contributed by atoms with Gasteiger partial charge in [0.2, 0.25) is 0 Å². The maximum atomic E-state index is 11.2. The molecule has 3 aromatic heterocycles. The molecule has 0 atom stereocenters. The number of aromatic nitrogens is 5. The van der Waals surface area contributed by atoms with Crippen LogP contribution >= 0.6 is 34.7 Å². The van der Waals surface area contributed by atoms with Gasteiger partial charge in [-0.2, -0.15) is 0 Å². The van der Waals surface area contributed by atoms with Gasteiger partial charge in [-0.3, -0.25) is 4.57 Å². The molecule has 0 aromatic carbocycles. The largest absolute Gasteiger partial charge is 0.343 e. The summed E-state index contributed by atoms with van der Waals surface area (Å²) in [6.07, 6.45) is 0. The number of hydrogen-bond acceptors (Lipinski definition) is 6. The van der Waals surface area contributed by atoms with Crippen molar-refractivity contribution in [3.63, 3.8) is 0 Å². The number of halogens is 1. The highest BCUT2D eigenvalue weighted by molar-refractivity contribution is 7.98. The lowest BCUT2D eigenvalue weighted by molar-refractivity contribution is 0.765. The van der Waals surface area contributed by atoms with Crippen molar-refractivity contribution in [2.24, 2.45) is 7.05 Å². The Hall–Kier alpha value is -1.38. The number of aromatic amines is 1. The molecule has 19 heavy (non-hydrogen) atoms. The highest BCUT2D eigenvalue weighted by Crippen LogP contribution is 2.26. The second-order valence-electron chi connectivity index (χ2n) is 3.73. The second kappa shape index (κ2) is 4.95. The molecule has 0 aliphatic carbocycles. The molecule has 6 nitrogen and oxygen atoms in total. The predicted octanol–water partition coefficient (Wildman–Crippen LogP) is 2.06. The van der Waals surface area contributed by atoms with E-state index in [1.807, 2.05) is 11.4 Å². The number of nitrogens with one attached hydrogen (secondary N) is 1. The van der Waals surface area contributed by atoms with E-state index in [1.165, 1.54) is 27.7 Å². The van der Waals surface area contributed by atoms with E-state index in [2.05, 4.69) is 20.2 Å². The van der Waals surface area contributed by atoms with Crippen LogP contribution in [0.5, 0.6) is 0 Å². The monoisotopic (exact) mass is 313 g/mol. The molecule has 9 heteroatoms. The van der Waals surface area contributed by atoms with E-state index in [0.717, 1.165) is 10.2 Å². The van der Waals surface area contributed by atoms with Gasteiger partial charge in [-0.1, -0.05) is 23.4 Å². The van der Waals surface area contributed by atoms with Crippen molar-refractivity contribution in [1.29, 1.82) is 0 Å². The van der Waals surface area contributed by atoms with Crippen LogP contribution in [0.1, 0.15) is 5.82 Å². The van der Waals surface area contributed by atoms with Crippen LogP contribution in [-0.2, 0) is 12.8 Å². The molecule has 0 fully saturated rings. The Morgan fingerprint density at radius 2 is 2.37 bits per heavy atom. The highest BCUT2D eigenvalue weighted by atomic mass is 35.5. The fourth-order valence-corrected chi connectivity index (χ4v) is 3.38. The molecule has 0 saturated carbocycles. The van der Waals surface area contributed by atoms with E-state index in [1.54, 1.807) is 7.05 Å². The lowest BCUT2D eigenvalue weighted by Gasteiger charge is -2.01. The van der Waals surface area contributed by atoms with Gasteiger partial charge in [0, 0.05) is 12.4 Å². The fraction of sp³-hybridized carbons (Fsp3) is 0.200. The normalized spacial score (nSPS) is 11.3. The second-order valence-corrected chi connectivity index (χ2v) is 5.92. The van der Waals surface area contributed by atoms with Gasteiger partial charge in [0.1, 0.15) is 15.8 Å².